The van der Waals surface area contributed by atoms with Crippen molar-refractivity contribution >= 4 is 5.78 Å². The van der Waals surface area contributed by atoms with Gasteiger partial charge in [-0.15, -0.1) is 0 Å². The third-order valence-corrected chi connectivity index (χ3v) is 4.53. The average Bonchev–Trinajstić information content (AvgIpc) is 2.94. The van der Waals surface area contributed by atoms with Crippen molar-refractivity contribution in [1.29, 1.82) is 0 Å². The molecule has 0 amide bonds. The second kappa shape index (κ2) is 4.25. The third kappa shape index (κ3) is 1.80. The highest BCUT2D eigenvalue weighted by atomic mass is 16.1. The van der Waals surface area contributed by atoms with Crippen LogP contribution in [0.4, 0.5) is 0 Å². The van der Waals surface area contributed by atoms with Gasteiger partial charge in [0.1, 0.15) is 5.78 Å². The second-order valence-corrected chi connectivity index (χ2v) is 5.56. The molecule has 2 nitrogen and oxygen atoms in total. The van der Waals surface area contributed by atoms with Crippen LogP contribution in [0.25, 0.3) is 0 Å². The number of ketones is 1. The van der Waals surface area contributed by atoms with Crippen molar-refractivity contribution in [2.75, 3.05) is 0 Å². The van der Waals surface area contributed by atoms with Crippen LogP contribution in [0.5, 0.6) is 0 Å². The summed E-state index contributed by atoms with van der Waals surface area (Å²) in [5.41, 5.74) is 2.35. The van der Waals surface area contributed by atoms with E-state index in [2.05, 4.69) is 18.0 Å². The molecule has 0 N–H and O–H groups in total. The Morgan fingerprint density at radius 2 is 2.24 bits per heavy atom. The molecule has 2 heteroatoms. The molecule has 3 rings (SSSR count). The lowest BCUT2D eigenvalue weighted by atomic mass is 9.85. The van der Waals surface area contributed by atoms with Gasteiger partial charge in [-0.05, 0) is 43.2 Å². The van der Waals surface area contributed by atoms with E-state index < -0.39 is 0 Å². The Balaban J connectivity index is 1.84. The van der Waals surface area contributed by atoms with Crippen molar-refractivity contribution in [3.63, 3.8) is 0 Å². The van der Waals surface area contributed by atoms with Gasteiger partial charge >= 0.3 is 0 Å². The minimum Gasteiger partial charge on any atom is -0.299 e. The van der Waals surface area contributed by atoms with E-state index in [-0.39, 0.29) is 5.92 Å². The summed E-state index contributed by atoms with van der Waals surface area (Å²) in [7, 11) is 0. The molecule has 0 bridgehead atoms. The zero-order valence-electron chi connectivity index (χ0n) is 10.4. The van der Waals surface area contributed by atoms with E-state index >= 15 is 0 Å². The largest absolute Gasteiger partial charge is 0.299 e. The molecule has 2 aliphatic rings. The molecular formula is C15H19NO. The van der Waals surface area contributed by atoms with E-state index in [0.29, 0.717) is 17.6 Å². The highest BCUT2D eigenvalue weighted by Gasteiger charge is 2.37. The van der Waals surface area contributed by atoms with Gasteiger partial charge in [0.25, 0.3) is 0 Å². The first-order valence-corrected chi connectivity index (χ1v) is 6.75. The van der Waals surface area contributed by atoms with Gasteiger partial charge in [-0.2, -0.15) is 0 Å². The summed E-state index contributed by atoms with van der Waals surface area (Å²) in [4.78, 5) is 17.0. The standard InChI is InChI=1S/C15H19NO/c1-10-4-2-6-12(10)15(17)13-8-7-11-5-3-9-16-14(11)13/h3,5,9-10,12-13H,2,4,6-8H2,1H3. The second-order valence-electron chi connectivity index (χ2n) is 5.56. The summed E-state index contributed by atoms with van der Waals surface area (Å²) in [6.07, 6.45) is 7.37. The first-order valence-electron chi connectivity index (χ1n) is 6.75. The van der Waals surface area contributed by atoms with E-state index in [1.54, 1.807) is 0 Å². The molecule has 90 valence electrons. The number of hydrogen-bond acceptors (Lipinski definition) is 2. The number of pyridine rings is 1. The van der Waals surface area contributed by atoms with Crippen LogP contribution in [-0.2, 0) is 11.2 Å². The van der Waals surface area contributed by atoms with Crippen molar-refractivity contribution in [2.24, 2.45) is 11.8 Å². The van der Waals surface area contributed by atoms with Crippen molar-refractivity contribution in [1.82, 2.24) is 4.98 Å². The molecule has 1 saturated carbocycles. The Bertz CT molecular complexity index is 440. The van der Waals surface area contributed by atoms with Crippen molar-refractivity contribution in [3.8, 4) is 0 Å². The Kier molecular flexibility index (Phi) is 2.73. The number of aryl methyl sites for hydroxylation is 1. The summed E-state index contributed by atoms with van der Waals surface area (Å²) in [5, 5.41) is 0. The highest BCUT2D eigenvalue weighted by molar-refractivity contribution is 5.88. The molecule has 1 fully saturated rings. The van der Waals surface area contributed by atoms with E-state index in [4.69, 9.17) is 0 Å². The van der Waals surface area contributed by atoms with Crippen LogP contribution >= 0.6 is 0 Å². The molecule has 1 heterocycles. The van der Waals surface area contributed by atoms with Gasteiger partial charge in [0, 0.05) is 12.1 Å². The van der Waals surface area contributed by atoms with Crippen molar-refractivity contribution < 1.29 is 4.79 Å². The van der Waals surface area contributed by atoms with Gasteiger partial charge in [-0.3, -0.25) is 9.78 Å². The van der Waals surface area contributed by atoms with Crippen LogP contribution in [0, 0.1) is 11.8 Å². The lowest BCUT2D eigenvalue weighted by Gasteiger charge is -2.18. The maximum atomic E-state index is 12.6. The van der Waals surface area contributed by atoms with E-state index in [9.17, 15) is 4.79 Å². The zero-order chi connectivity index (χ0) is 11.8. The minimum atomic E-state index is 0.0942. The smallest absolute Gasteiger partial charge is 0.145 e. The summed E-state index contributed by atoms with van der Waals surface area (Å²) in [5.74, 6) is 1.44. The molecule has 0 aliphatic heterocycles. The summed E-state index contributed by atoms with van der Waals surface area (Å²) in [6, 6.07) is 4.09. The summed E-state index contributed by atoms with van der Waals surface area (Å²) in [6.45, 7) is 2.23. The fourth-order valence-corrected chi connectivity index (χ4v) is 3.52. The van der Waals surface area contributed by atoms with Crippen LogP contribution in [0.3, 0.4) is 0 Å². The fraction of sp³-hybridized carbons (Fsp3) is 0.600. The van der Waals surface area contributed by atoms with Crippen LogP contribution in [-0.4, -0.2) is 10.8 Å². The maximum absolute atomic E-state index is 12.6. The molecule has 0 radical (unpaired) electrons. The van der Waals surface area contributed by atoms with Gasteiger partial charge in [0.2, 0.25) is 0 Å². The van der Waals surface area contributed by atoms with Crippen LogP contribution in [0.2, 0.25) is 0 Å². The quantitative estimate of drug-likeness (QED) is 0.780. The van der Waals surface area contributed by atoms with Crippen LogP contribution in [0.1, 0.15) is 49.8 Å². The molecule has 3 unspecified atom stereocenters. The molecule has 2 aliphatic carbocycles. The SMILES string of the molecule is CC1CCCC1C(=O)C1CCc2cccnc21. The van der Waals surface area contributed by atoms with Crippen molar-refractivity contribution in [2.45, 2.75) is 44.9 Å². The van der Waals surface area contributed by atoms with Crippen molar-refractivity contribution in [3.05, 3.63) is 29.6 Å². The predicted molar refractivity (Wildman–Crippen MR) is 66.8 cm³/mol. The Morgan fingerprint density at radius 3 is 3.00 bits per heavy atom. The Hall–Kier alpha value is -1.18. The summed E-state index contributed by atoms with van der Waals surface area (Å²) < 4.78 is 0. The van der Waals surface area contributed by atoms with E-state index in [1.165, 1.54) is 18.4 Å². The normalized spacial score (nSPS) is 31.5. The third-order valence-electron chi connectivity index (χ3n) is 4.53. The highest BCUT2D eigenvalue weighted by Crippen LogP contribution is 2.40. The number of carbonyl (C=O) groups is 1. The molecule has 17 heavy (non-hydrogen) atoms. The number of aromatic nitrogens is 1. The topological polar surface area (TPSA) is 30.0 Å². The number of fused-ring (bicyclic) bond motifs is 1. The van der Waals surface area contributed by atoms with E-state index in [1.807, 2.05) is 12.3 Å². The zero-order valence-corrected chi connectivity index (χ0v) is 10.4. The number of Topliss-reactive ketones (excluding diaryl/α,β-unsaturated/α-hetero) is 1. The molecular weight excluding hydrogens is 210 g/mol. The average molecular weight is 229 g/mol. The molecule has 1 aromatic rings. The van der Waals surface area contributed by atoms with Gasteiger partial charge in [0.15, 0.2) is 0 Å². The van der Waals surface area contributed by atoms with Gasteiger partial charge in [0.05, 0.1) is 11.6 Å². The molecule has 0 aromatic carbocycles. The number of rotatable bonds is 2. The lowest BCUT2D eigenvalue weighted by Crippen LogP contribution is -2.23. The molecule has 3 atom stereocenters. The monoisotopic (exact) mass is 229 g/mol. The summed E-state index contributed by atoms with van der Waals surface area (Å²) >= 11 is 0. The number of hydrogen-bond donors (Lipinski definition) is 0. The first-order chi connectivity index (χ1) is 8.27. The van der Waals surface area contributed by atoms with E-state index in [0.717, 1.165) is 25.0 Å². The minimum absolute atomic E-state index is 0.0942. The number of nitrogens with zero attached hydrogens (tertiary/aromatic N) is 1. The van der Waals surface area contributed by atoms with Crippen LogP contribution < -0.4 is 0 Å². The molecule has 1 aromatic heterocycles. The molecule has 0 spiro atoms. The maximum Gasteiger partial charge on any atom is 0.145 e. The van der Waals surface area contributed by atoms with Gasteiger partial charge in [-0.25, -0.2) is 0 Å². The first kappa shape index (κ1) is 10.9. The number of carbonyl (C=O) groups excluding carboxylic acids is 1. The lowest BCUT2D eigenvalue weighted by molar-refractivity contribution is -0.125. The molecule has 0 saturated heterocycles. The van der Waals surface area contributed by atoms with Crippen LogP contribution in [0.15, 0.2) is 18.3 Å². The van der Waals surface area contributed by atoms with Gasteiger partial charge < -0.3 is 0 Å². The fourth-order valence-electron chi connectivity index (χ4n) is 3.52. The predicted octanol–water partition coefficient (Wildman–Crippen LogP) is 3.12. The van der Waals surface area contributed by atoms with Gasteiger partial charge in [-0.1, -0.05) is 19.4 Å². The Morgan fingerprint density at radius 1 is 1.35 bits per heavy atom. The Labute approximate surface area is 102 Å².